The fourth-order valence-electron chi connectivity index (χ4n) is 3.03. The molecule has 0 aromatic carbocycles. The summed E-state index contributed by atoms with van der Waals surface area (Å²) in [5, 5.41) is 23.0. The van der Waals surface area contributed by atoms with Gasteiger partial charge in [-0.25, -0.2) is 19.7 Å². The van der Waals surface area contributed by atoms with Crippen molar-refractivity contribution in [1.82, 2.24) is 29.9 Å². The molecule has 0 fully saturated rings. The van der Waals surface area contributed by atoms with Gasteiger partial charge in [0.15, 0.2) is 5.82 Å². The zero-order chi connectivity index (χ0) is 23.0. The van der Waals surface area contributed by atoms with Gasteiger partial charge in [0.25, 0.3) is 0 Å². The van der Waals surface area contributed by atoms with Crippen LogP contribution in [0.3, 0.4) is 0 Å². The van der Waals surface area contributed by atoms with Crippen molar-refractivity contribution in [1.29, 1.82) is 0 Å². The Kier molecular flexibility index (Phi) is 5.48. The van der Waals surface area contributed by atoms with Gasteiger partial charge in [0.1, 0.15) is 15.9 Å². The third kappa shape index (κ3) is 4.22. The number of hydrogen-bond donors (Lipinski definition) is 3. The first-order valence-electron chi connectivity index (χ1n) is 9.09. The standard InChI is InChI=1S/C18H15F3N8O2S/c1-8(30)13-12(7-23-16-14(13)26-9(2)32-16)28-17(31)27-10-5-11(18(19,20)21)15(22-6-10)29-24-3-4-25-29/h3-8,30H,1-2H3,(H2,27,28,31). The van der Waals surface area contributed by atoms with E-state index < -0.39 is 29.7 Å². The van der Waals surface area contributed by atoms with Crippen LogP contribution in [-0.4, -0.2) is 41.1 Å². The number of carbonyl (C=O) groups excluding carboxylic acids is 1. The summed E-state index contributed by atoms with van der Waals surface area (Å²) < 4.78 is 40.6. The van der Waals surface area contributed by atoms with E-state index in [4.69, 9.17) is 0 Å². The Bertz CT molecular complexity index is 1290. The Morgan fingerprint density at radius 3 is 2.56 bits per heavy atom. The lowest BCUT2D eigenvalue weighted by atomic mass is 10.1. The quantitative estimate of drug-likeness (QED) is 0.420. The minimum absolute atomic E-state index is 0.177. The third-order valence-electron chi connectivity index (χ3n) is 4.28. The summed E-state index contributed by atoms with van der Waals surface area (Å²) in [6.07, 6.45) is -0.897. The predicted molar refractivity (Wildman–Crippen MR) is 110 cm³/mol. The first-order valence-corrected chi connectivity index (χ1v) is 9.91. The lowest BCUT2D eigenvalue weighted by Gasteiger charge is -2.15. The van der Waals surface area contributed by atoms with Gasteiger partial charge >= 0.3 is 12.2 Å². The van der Waals surface area contributed by atoms with Crippen molar-refractivity contribution in [2.75, 3.05) is 10.6 Å². The number of aromatic nitrogens is 6. The van der Waals surface area contributed by atoms with Crippen LogP contribution in [-0.2, 0) is 6.18 Å². The summed E-state index contributed by atoms with van der Waals surface area (Å²) in [4.78, 5) is 26.1. The molecular weight excluding hydrogens is 449 g/mol. The Hall–Kier alpha value is -3.65. The first kappa shape index (κ1) is 21.6. The summed E-state index contributed by atoms with van der Waals surface area (Å²) in [6.45, 7) is 3.29. The maximum Gasteiger partial charge on any atom is 0.420 e. The van der Waals surface area contributed by atoms with E-state index >= 15 is 0 Å². The van der Waals surface area contributed by atoms with Gasteiger partial charge in [0.2, 0.25) is 0 Å². The zero-order valence-electron chi connectivity index (χ0n) is 16.5. The summed E-state index contributed by atoms with van der Waals surface area (Å²) >= 11 is 1.33. The van der Waals surface area contributed by atoms with Crippen molar-refractivity contribution in [2.24, 2.45) is 0 Å². The topological polar surface area (TPSA) is 131 Å². The largest absolute Gasteiger partial charge is 0.420 e. The fourth-order valence-corrected chi connectivity index (χ4v) is 3.80. The highest BCUT2D eigenvalue weighted by Gasteiger charge is 2.36. The van der Waals surface area contributed by atoms with Crippen LogP contribution in [0.4, 0.5) is 29.3 Å². The van der Waals surface area contributed by atoms with E-state index in [0.717, 1.165) is 22.1 Å². The molecule has 32 heavy (non-hydrogen) atoms. The van der Waals surface area contributed by atoms with Crippen LogP contribution < -0.4 is 10.6 Å². The van der Waals surface area contributed by atoms with E-state index in [1.54, 1.807) is 6.92 Å². The molecule has 0 saturated heterocycles. The van der Waals surface area contributed by atoms with E-state index in [-0.39, 0.29) is 11.4 Å². The maximum atomic E-state index is 13.5. The van der Waals surface area contributed by atoms with Gasteiger partial charge in [-0.05, 0) is 19.9 Å². The van der Waals surface area contributed by atoms with Crippen molar-refractivity contribution >= 4 is 39.1 Å². The van der Waals surface area contributed by atoms with Gasteiger partial charge in [0.05, 0.1) is 47.3 Å². The lowest BCUT2D eigenvalue weighted by molar-refractivity contribution is -0.137. The second-order valence-electron chi connectivity index (χ2n) is 6.64. The van der Waals surface area contributed by atoms with Crippen LogP contribution in [0.2, 0.25) is 0 Å². The van der Waals surface area contributed by atoms with Crippen LogP contribution in [0.25, 0.3) is 16.2 Å². The number of carbonyl (C=O) groups is 1. The number of amides is 2. The molecule has 0 spiro atoms. The summed E-state index contributed by atoms with van der Waals surface area (Å²) in [5.74, 6) is -0.529. The molecule has 0 bridgehead atoms. The van der Waals surface area contributed by atoms with Crippen molar-refractivity contribution in [2.45, 2.75) is 26.1 Å². The van der Waals surface area contributed by atoms with Crippen molar-refractivity contribution in [3.8, 4) is 5.82 Å². The first-order chi connectivity index (χ1) is 15.1. The summed E-state index contributed by atoms with van der Waals surface area (Å²) in [6, 6.07) is -0.119. The lowest BCUT2D eigenvalue weighted by Crippen LogP contribution is -2.22. The maximum absolute atomic E-state index is 13.5. The molecule has 0 aliphatic carbocycles. The number of anilines is 2. The third-order valence-corrected chi connectivity index (χ3v) is 5.16. The second kappa shape index (κ2) is 8.12. The highest BCUT2D eigenvalue weighted by atomic mass is 32.1. The Morgan fingerprint density at radius 1 is 1.19 bits per heavy atom. The number of alkyl halides is 3. The molecule has 0 aliphatic heterocycles. The molecule has 0 saturated carbocycles. The van der Waals surface area contributed by atoms with Crippen LogP contribution in [0.1, 0.15) is 29.2 Å². The van der Waals surface area contributed by atoms with Crippen LogP contribution in [0.15, 0.2) is 30.9 Å². The average Bonchev–Trinajstić information content (AvgIpc) is 3.35. The molecule has 4 heterocycles. The van der Waals surface area contributed by atoms with E-state index in [9.17, 15) is 23.1 Å². The van der Waals surface area contributed by atoms with Gasteiger partial charge in [0, 0.05) is 5.56 Å². The van der Waals surface area contributed by atoms with E-state index in [1.165, 1.54) is 36.9 Å². The molecular formula is C18H15F3N8O2S. The van der Waals surface area contributed by atoms with Crippen molar-refractivity contribution in [3.05, 3.63) is 47.0 Å². The number of aliphatic hydroxyl groups is 1. The highest BCUT2D eigenvalue weighted by molar-refractivity contribution is 7.18. The van der Waals surface area contributed by atoms with Crippen LogP contribution in [0, 0.1) is 6.92 Å². The van der Waals surface area contributed by atoms with Gasteiger partial charge in [-0.1, -0.05) is 11.3 Å². The number of nitrogens with one attached hydrogen (secondary N) is 2. The predicted octanol–water partition coefficient (Wildman–Crippen LogP) is 3.69. The average molecular weight is 464 g/mol. The van der Waals surface area contributed by atoms with E-state index in [2.05, 4.69) is 35.8 Å². The molecule has 4 aromatic rings. The Morgan fingerprint density at radius 2 is 1.91 bits per heavy atom. The number of rotatable bonds is 4. The molecule has 1 atom stereocenters. The molecule has 4 aromatic heterocycles. The molecule has 0 radical (unpaired) electrons. The van der Waals surface area contributed by atoms with Gasteiger partial charge in [-0.3, -0.25) is 0 Å². The minimum Gasteiger partial charge on any atom is -0.389 e. The zero-order valence-corrected chi connectivity index (χ0v) is 17.4. The number of aliphatic hydroxyl groups excluding tert-OH is 1. The molecule has 4 rings (SSSR count). The van der Waals surface area contributed by atoms with Crippen molar-refractivity contribution < 1.29 is 23.1 Å². The smallest absolute Gasteiger partial charge is 0.389 e. The number of urea groups is 1. The SMILES string of the molecule is Cc1nc2c(C(C)O)c(NC(=O)Nc3cnc(-n4nccn4)c(C(F)(F)F)c3)cnc2s1. The number of aryl methyl sites for hydroxylation is 1. The Labute approximate surface area is 182 Å². The van der Waals surface area contributed by atoms with Gasteiger partial charge < -0.3 is 15.7 Å². The molecule has 0 aliphatic rings. The van der Waals surface area contributed by atoms with Crippen molar-refractivity contribution in [3.63, 3.8) is 0 Å². The Balaban J connectivity index is 1.62. The van der Waals surface area contributed by atoms with Crippen LogP contribution >= 0.6 is 11.3 Å². The molecule has 10 nitrogen and oxygen atoms in total. The minimum atomic E-state index is -4.76. The highest BCUT2D eigenvalue weighted by Crippen LogP contribution is 2.35. The van der Waals surface area contributed by atoms with E-state index in [0.29, 0.717) is 15.9 Å². The normalized spacial score (nSPS) is 12.7. The monoisotopic (exact) mass is 464 g/mol. The molecule has 166 valence electrons. The van der Waals surface area contributed by atoms with Gasteiger partial charge in [-0.2, -0.15) is 23.4 Å². The number of hydrogen-bond acceptors (Lipinski definition) is 8. The molecule has 1 unspecified atom stereocenters. The second-order valence-corrected chi connectivity index (χ2v) is 7.82. The summed E-state index contributed by atoms with van der Waals surface area (Å²) in [7, 11) is 0. The molecule has 3 N–H and O–H groups in total. The number of pyridine rings is 2. The van der Waals surface area contributed by atoms with E-state index in [1.807, 2.05) is 0 Å². The molecule has 14 heteroatoms. The van der Waals surface area contributed by atoms with Gasteiger partial charge in [-0.15, -0.1) is 4.80 Å². The molecule has 2 amide bonds. The number of fused-ring (bicyclic) bond motifs is 1. The fraction of sp³-hybridized carbons (Fsp3) is 0.222. The number of thiazole rings is 1. The number of halogens is 3. The number of nitrogens with zero attached hydrogens (tertiary/aromatic N) is 6. The summed E-state index contributed by atoms with van der Waals surface area (Å²) in [5.41, 5.74) is -0.363. The van der Waals surface area contributed by atoms with Crippen LogP contribution in [0.5, 0.6) is 0 Å².